The normalized spacial score (nSPS) is 19.2. The summed E-state index contributed by atoms with van der Waals surface area (Å²) < 4.78 is 1.99. The molecule has 0 bridgehead atoms. The minimum absolute atomic E-state index is 0.101. The molecule has 9 heteroatoms. The van der Waals surface area contributed by atoms with Gasteiger partial charge < -0.3 is 20.1 Å². The van der Waals surface area contributed by atoms with Crippen molar-refractivity contribution in [3.8, 4) is 0 Å². The highest BCUT2D eigenvalue weighted by Gasteiger charge is 2.24. The van der Waals surface area contributed by atoms with Crippen LogP contribution in [0.3, 0.4) is 0 Å². The van der Waals surface area contributed by atoms with Crippen molar-refractivity contribution in [2.45, 2.75) is 65.1 Å². The van der Waals surface area contributed by atoms with Gasteiger partial charge in [0.05, 0.1) is 6.54 Å². The zero-order chi connectivity index (χ0) is 20.8. The van der Waals surface area contributed by atoms with Crippen LogP contribution in [0.2, 0.25) is 0 Å². The van der Waals surface area contributed by atoms with Crippen LogP contribution in [0, 0.1) is 6.92 Å². The lowest BCUT2D eigenvalue weighted by molar-refractivity contribution is -0.123. The van der Waals surface area contributed by atoms with Crippen LogP contribution < -0.4 is 10.6 Å². The van der Waals surface area contributed by atoms with Gasteiger partial charge in [0.15, 0.2) is 11.8 Å². The molecule has 1 aliphatic carbocycles. The number of aromatic nitrogens is 3. The molecule has 29 heavy (non-hydrogen) atoms. The molecule has 1 aliphatic heterocycles. The third kappa shape index (κ3) is 6.16. The van der Waals surface area contributed by atoms with E-state index in [0.717, 1.165) is 43.8 Å². The number of rotatable bonds is 6. The van der Waals surface area contributed by atoms with Crippen LogP contribution in [0.1, 0.15) is 51.2 Å². The number of aryl methyl sites for hydroxylation is 1. The van der Waals surface area contributed by atoms with E-state index in [0.29, 0.717) is 19.1 Å². The quantitative estimate of drug-likeness (QED) is 0.535. The molecular weight excluding hydrogens is 368 g/mol. The molecule has 2 heterocycles. The number of nitrogens with zero attached hydrogens (tertiary/aromatic N) is 6. The number of piperazine rings is 1. The third-order valence-corrected chi connectivity index (χ3v) is 5.73. The average Bonchev–Trinajstić information content (AvgIpc) is 3.30. The molecule has 1 aromatic heterocycles. The fourth-order valence-corrected chi connectivity index (χ4v) is 3.91. The molecule has 1 saturated heterocycles. The maximum absolute atomic E-state index is 12.0. The minimum Gasteiger partial charge on any atom is -0.353 e. The Hall–Kier alpha value is -2.16. The summed E-state index contributed by atoms with van der Waals surface area (Å²) in [4.78, 5) is 21.5. The van der Waals surface area contributed by atoms with E-state index in [1.165, 1.54) is 25.7 Å². The molecule has 0 spiro atoms. The number of hydrogen-bond acceptors (Lipinski definition) is 5. The predicted octanol–water partition coefficient (Wildman–Crippen LogP) is 0.654. The number of hydrogen-bond donors (Lipinski definition) is 2. The fraction of sp³-hybridized carbons (Fsp3) is 0.800. The standard InChI is InChI=1S/C20H36N8O/c1-15(2)22-19(29)14-27-9-11-28(12-10-27)20(23-17-7-5-6-8-17)21-13-18-25-24-16(3)26(18)4/h15,17H,5-14H2,1-4H3,(H,21,23)(H,22,29). The van der Waals surface area contributed by atoms with Crippen LogP contribution in [0.25, 0.3) is 0 Å². The Morgan fingerprint density at radius 3 is 2.45 bits per heavy atom. The molecule has 1 amide bonds. The van der Waals surface area contributed by atoms with Crippen LogP contribution >= 0.6 is 0 Å². The van der Waals surface area contributed by atoms with Gasteiger partial charge in [0.1, 0.15) is 12.4 Å². The molecule has 3 rings (SSSR count). The smallest absolute Gasteiger partial charge is 0.234 e. The van der Waals surface area contributed by atoms with E-state index in [1.54, 1.807) is 0 Å². The Balaban J connectivity index is 1.60. The molecule has 1 saturated carbocycles. The van der Waals surface area contributed by atoms with Crippen molar-refractivity contribution in [2.24, 2.45) is 12.0 Å². The highest BCUT2D eigenvalue weighted by molar-refractivity contribution is 5.81. The van der Waals surface area contributed by atoms with Crippen LogP contribution in [0.15, 0.2) is 4.99 Å². The van der Waals surface area contributed by atoms with E-state index in [1.807, 2.05) is 32.4 Å². The van der Waals surface area contributed by atoms with Crippen LogP contribution in [-0.4, -0.2) is 81.2 Å². The van der Waals surface area contributed by atoms with Crippen LogP contribution in [0.5, 0.6) is 0 Å². The lowest BCUT2D eigenvalue weighted by Gasteiger charge is -2.37. The van der Waals surface area contributed by atoms with Crippen molar-refractivity contribution in [3.05, 3.63) is 11.6 Å². The second-order valence-corrected chi connectivity index (χ2v) is 8.47. The van der Waals surface area contributed by atoms with Crippen molar-refractivity contribution in [2.75, 3.05) is 32.7 Å². The molecule has 0 aromatic carbocycles. The molecule has 0 atom stereocenters. The Labute approximate surface area is 173 Å². The summed E-state index contributed by atoms with van der Waals surface area (Å²) in [5.41, 5.74) is 0. The number of aliphatic imine (C=N–C) groups is 1. The van der Waals surface area contributed by atoms with Crippen LogP contribution in [-0.2, 0) is 18.4 Å². The number of carbonyl (C=O) groups excluding carboxylic acids is 1. The van der Waals surface area contributed by atoms with Gasteiger partial charge >= 0.3 is 0 Å². The van der Waals surface area contributed by atoms with E-state index >= 15 is 0 Å². The van der Waals surface area contributed by atoms with Crippen molar-refractivity contribution in [1.29, 1.82) is 0 Å². The summed E-state index contributed by atoms with van der Waals surface area (Å²) >= 11 is 0. The first-order valence-corrected chi connectivity index (χ1v) is 10.8. The molecule has 0 unspecified atom stereocenters. The summed E-state index contributed by atoms with van der Waals surface area (Å²) in [5, 5.41) is 15.0. The minimum atomic E-state index is 0.101. The molecule has 0 radical (unpaired) electrons. The van der Waals surface area contributed by atoms with Gasteiger partial charge in [-0.15, -0.1) is 10.2 Å². The highest BCUT2D eigenvalue weighted by Crippen LogP contribution is 2.18. The maximum atomic E-state index is 12.0. The molecule has 2 N–H and O–H groups in total. The molecule has 1 aromatic rings. The van der Waals surface area contributed by atoms with Gasteiger partial charge in [-0.1, -0.05) is 12.8 Å². The lowest BCUT2D eigenvalue weighted by atomic mass is 10.2. The van der Waals surface area contributed by atoms with Gasteiger partial charge in [-0.05, 0) is 33.6 Å². The maximum Gasteiger partial charge on any atom is 0.234 e. The van der Waals surface area contributed by atoms with Crippen molar-refractivity contribution < 1.29 is 4.79 Å². The molecule has 9 nitrogen and oxygen atoms in total. The second-order valence-electron chi connectivity index (χ2n) is 8.47. The van der Waals surface area contributed by atoms with E-state index in [-0.39, 0.29) is 11.9 Å². The average molecular weight is 405 g/mol. The van der Waals surface area contributed by atoms with E-state index in [4.69, 9.17) is 4.99 Å². The summed E-state index contributed by atoms with van der Waals surface area (Å²) in [7, 11) is 1.98. The SMILES string of the molecule is Cc1nnc(CN=C(NC2CCCC2)N2CCN(CC(=O)NC(C)C)CC2)n1C. The van der Waals surface area contributed by atoms with Crippen molar-refractivity contribution in [1.82, 2.24) is 35.2 Å². The van der Waals surface area contributed by atoms with Gasteiger partial charge in [-0.25, -0.2) is 4.99 Å². The number of amides is 1. The van der Waals surface area contributed by atoms with Crippen molar-refractivity contribution >= 4 is 11.9 Å². The molecule has 2 aliphatic rings. The Bertz CT molecular complexity index is 699. The molecular formula is C20H36N8O. The second kappa shape index (κ2) is 10.0. The lowest BCUT2D eigenvalue weighted by Crippen LogP contribution is -2.55. The zero-order valence-electron chi connectivity index (χ0n) is 18.3. The van der Waals surface area contributed by atoms with Gasteiger partial charge in [0.25, 0.3) is 0 Å². The monoisotopic (exact) mass is 404 g/mol. The summed E-state index contributed by atoms with van der Waals surface area (Å²) in [6, 6.07) is 0.687. The van der Waals surface area contributed by atoms with E-state index in [9.17, 15) is 4.79 Å². The third-order valence-electron chi connectivity index (χ3n) is 5.73. The predicted molar refractivity (Wildman–Crippen MR) is 114 cm³/mol. The topological polar surface area (TPSA) is 90.7 Å². The number of guanidine groups is 1. The summed E-state index contributed by atoms with van der Waals surface area (Å²) in [6.45, 7) is 10.4. The largest absolute Gasteiger partial charge is 0.353 e. The van der Waals surface area contributed by atoms with E-state index in [2.05, 4.69) is 30.6 Å². The Morgan fingerprint density at radius 2 is 1.86 bits per heavy atom. The zero-order valence-corrected chi connectivity index (χ0v) is 18.3. The number of nitrogens with one attached hydrogen (secondary N) is 2. The van der Waals surface area contributed by atoms with Crippen molar-refractivity contribution in [3.63, 3.8) is 0 Å². The first-order valence-electron chi connectivity index (χ1n) is 10.8. The first kappa shape index (κ1) is 21.5. The van der Waals surface area contributed by atoms with Gasteiger partial charge in [0, 0.05) is 45.3 Å². The van der Waals surface area contributed by atoms with Gasteiger partial charge in [-0.2, -0.15) is 0 Å². The summed E-state index contributed by atoms with van der Waals surface area (Å²) in [5.74, 6) is 2.83. The molecule has 162 valence electrons. The van der Waals surface area contributed by atoms with Crippen LogP contribution in [0.4, 0.5) is 0 Å². The van der Waals surface area contributed by atoms with Gasteiger partial charge in [-0.3, -0.25) is 9.69 Å². The summed E-state index contributed by atoms with van der Waals surface area (Å²) in [6.07, 6.45) is 4.98. The highest BCUT2D eigenvalue weighted by atomic mass is 16.2. The first-order chi connectivity index (χ1) is 13.9. The number of carbonyl (C=O) groups is 1. The Morgan fingerprint density at radius 1 is 1.17 bits per heavy atom. The molecule has 2 fully saturated rings. The van der Waals surface area contributed by atoms with E-state index < -0.39 is 0 Å². The Kier molecular flexibility index (Phi) is 7.46. The fourth-order valence-electron chi connectivity index (χ4n) is 3.91. The van der Waals surface area contributed by atoms with Gasteiger partial charge in [0.2, 0.25) is 5.91 Å².